The van der Waals surface area contributed by atoms with Crippen LogP contribution in [0, 0.1) is 6.92 Å². The van der Waals surface area contributed by atoms with Crippen LogP contribution in [0.1, 0.15) is 25.6 Å². The van der Waals surface area contributed by atoms with Gasteiger partial charge in [0.2, 0.25) is 0 Å². The fraction of sp³-hybridized carbons (Fsp3) is 0.643. The van der Waals surface area contributed by atoms with Crippen molar-refractivity contribution < 1.29 is 14.3 Å². The quantitative estimate of drug-likeness (QED) is 0.860. The van der Waals surface area contributed by atoms with Gasteiger partial charge >= 0.3 is 12.1 Å². The van der Waals surface area contributed by atoms with Crippen LogP contribution in [0.2, 0.25) is 0 Å². The lowest BCUT2D eigenvalue weighted by molar-refractivity contribution is 0.0174. The summed E-state index contributed by atoms with van der Waals surface area (Å²) in [7, 11) is 0. The molecule has 1 fully saturated rings. The summed E-state index contributed by atoms with van der Waals surface area (Å²) < 4.78 is 5.33. The summed E-state index contributed by atoms with van der Waals surface area (Å²) in [6.45, 7) is 9.36. The van der Waals surface area contributed by atoms with E-state index < -0.39 is 5.60 Å². The highest BCUT2D eigenvalue weighted by Gasteiger charge is 2.27. The maximum atomic E-state index is 12.1. The number of carbonyl (C=O) groups is 2. The molecule has 0 unspecified atom stereocenters. The highest BCUT2D eigenvalue weighted by atomic mass is 32.1. The Kier molecular flexibility index (Phi) is 4.90. The van der Waals surface area contributed by atoms with Crippen LogP contribution in [-0.2, 0) is 4.74 Å². The molecule has 7 nitrogen and oxygen atoms in total. The second-order valence-corrected chi connectivity index (χ2v) is 7.40. The number of carbonyl (C=O) groups excluding carboxylic acids is 2. The largest absolute Gasteiger partial charge is 0.444 e. The lowest BCUT2D eigenvalue weighted by Crippen LogP contribution is -2.52. The van der Waals surface area contributed by atoms with Crippen LogP contribution >= 0.6 is 11.3 Å². The van der Waals surface area contributed by atoms with Gasteiger partial charge in [0.1, 0.15) is 5.60 Å². The Morgan fingerprint density at radius 1 is 1.23 bits per heavy atom. The predicted molar refractivity (Wildman–Crippen MR) is 85.2 cm³/mol. The first-order valence-electron chi connectivity index (χ1n) is 7.21. The first kappa shape index (κ1) is 16.5. The molecule has 1 aromatic heterocycles. The van der Waals surface area contributed by atoms with Crippen LogP contribution in [-0.4, -0.2) is 58.7 Å². The van der Waals surface area contributed by atoms with E-state index in [1.54, 1.807) is 16.0 Å². The molecule has 1 N–H and O–H groups in total. The van der Waals surface area contributed by atoms with Crippen molar-refractivity contribution in [1.82, 2.24) is 14.8 Å². The molecule has 122 valence electrons. The zero-order chi connectivity index (χ0) is 16.3. The molecule has 0 aliphatic carbocycles. The molecule has 2 rings (SSSR count). The molecule has 22 heavy (non-hydrogen) atoms. The summed E-state index contributed by atoms with van der Waals surface area (Å²) in [6, 6.07) is -0.182. The topological polar surface area (TPSA) is 74.8 Å². The van der Waals surface area contributed by atoms with Gasteiger partial charge < -0.3 is 14.5 Å². The third kappa shape index (κ3) is 4.59. The third-order valence-corrected chi connectivity index (χ3v) is 3.88. The van der Waals surface area contributed by atoms with Crippen LogP contribution in [0.15, 0.2) is 6.20 Å². The molecule has 0 saturated carbocycles. The van der Waals surface area contributed by atoms with E-state index in [2.05, 4.69) is 10.3 Å². The number of nitrogens with one attached hydrogen (secondary N) is 1. The van der Waals surface area contributed by atoms with Crippen molar-refractivity contribution >= 4 is 28.6 Å². The Balaban J connectivity index is 1.81. The Morgan fingerprint density at radius 3 is 2.32 bits per heavy atom. The number of aryl methyl sites for hydroxylation is 1. The van der Waals surface area contributed by atoms with E-state index in [-0.39, 0.29) is 12.1 Å². The van der Waals surface area contributed by atoms with Crippen LogP contribution in [0.5, 0.6) is 0 Å². The fourth-order valence-electron chi connectivity index (χ4n) is 2.00. The van der Waals surface area contributed by atoms with Gasteiger partial charge in [-0.15, -0.1) is 11.3 Å². The smallest absolute Gasteiger partial charge is 0.410 e. The number of rotatable bonds is 1. The first-order chi connectivity index (χ1) is 10.2. The summed E-state index contributed by atoms with van der Waals surface area (Å²) in [5.41, 5.74) is -0.506. The molecule has 1 saturated heterocycles. The molecular formula is C14H22N4O3S. The van der Waals surface area contributed by atoms with Gasteiger partial charge in [0.05, 0.1) is 0 Å². The zero-order valence-corrected chi connectivity index (χ0v) is 14.2. The SMILES string of the molecule is Cc1cnc(NC(=O)N2CCN(C(=O)OC(C)(C)C)CC2)s1. The van der Waals surface area contributed by atoms with E-state index in [1.165, 1.54) is 11.3 Å². The molecule has 0 aromatic carbocycles. The van der Waals surface area contributed by atoms with Gasteiger partial charge in [-0.25, -0.2) is 14.6 Å². The number of anilines is 1. The molecule has 1 aliphatic heterocycles. The van der Waals surface area contributed by atoms with E-state index in [1.807, 2.05) is 27.7 Å². The number of hydrogen-bond acceptors (Lipinski definition) is 5. The molecule has 0 atom stereocenters. The molecular weight excluding hydrogens is 304 g/mol. The highest BCUT2D eigenvalue weighted by molar-refractivity contribution is 7.15. The molecule has 1 aliphatic rings. The molecule has 8 heteroatoms. The van der Waals surface area contributed by atoms with Crippen LogP contribution < -0.4 is 5.32 Å². The minimum absolute atomic E-state index is 0.182. The predicted octanol–water partition coefficient (Wildman–Crippen LogP) is 2.54. The van der Waals surface area contributed by atoms with E-state index in [4.69, 9.17) is 4.74 Å². The number of aromatic nitrogens is 1. The van der Waals surface area contributed by atoms with Crippen molar-refractivity contribution in [1.29, 1.82) is 0 Å². The maximum absolute atomic E-state index is 12.1. The molecule has 1 aromatic rings. The third-order valence-electron chi connectivity index (χ3n) is 3.05. The van der Waals surface area contributed by atoms with E-state index in [0.29, 0.717) is 31.3 Å². The van der Waals surface area contributed by atoms with Gasteiger partial charge in [0, 0.05) is 37.3 Å². The van der Waals surface area contributed by atoms with E-state index >= 15 is 0 Å². The van der Waals surface area contributed by atoms with Gasteiger partial charge in [-0.2, -0.15) is 0 Å². The Hall–Kier alpha value is -1.83. The van der Waals surface area contributed by atoms with Crippen molar-refractivity contribution in [2.24, 2.45) is 0 Å². The summed E-state index contributed by atoms with van der Waals surface area (Å²) in [5, 5.41) is 3.37. The van der Waals surface area contributed by atoms with Crippen molar-refractivity contribution in [3.63, 3.8) is 0 Å². The lowest BCUT2D eigenvalue weighted by Gasteiger charge is -2.35. The number of thiazole rings is 1. The Morgan fingerprint density at radius 2 is 1.82 bits per heavy atom. The van der Waals surface area contributed by atoms with Crippen molar-refractivity contribution in [3.8, 4) is 0 Å². The number of nitrogens with zero attached hydrogens (tertiary/aromatic N) is 3. The van der Waals surface area contributed by atoms with Gasteiger partial charge in [-0.3, -0.25) is 5.32 Å². The summed E-state index contributed by atoms with van der Waals surface area (Å²) in [6.07, 6.45) is 1.39. The van der Waals surface area contributed by atoms with Crippen molar-refractivity contribution in [2.45, 2.75) is 33.3 Å². The van der Waals surface area contributed by atoms with Crippen LogP contribution in [0.4, 0.5) is 14.7 Å². The minimum atomic E-state index is -0.506. The summed E-state index contributed by atoms with van der Waals surface area (Å²) >= 11 is 1.44. The molecule has 0 bridgehead atoms. The first-order valence-corrected chi connectivity index (χ1v) is 8.02. The monoisotopic (exact) mass is 326 g/mol. The zero-order valence-electron chi connectivity index (χ0n) is 13.4. The summed E-state index contributed by atoms with van der Waals surface area (Å²) in [5.74, 6) is 0. The van der Waals surface area contributed by atoms with E-state index in [9.17, 15) is 9.59 Å². The van der Waals surface area contributed by atoms with E-state index in [0.717, 1.165) is 4.88 Å². The van der Waals surface area contributed by atoms with Gasteiger partial charge in [-0.1, -0.05) is 0 Å². The fourth-order valence-corrected chi connectivity index (χ4v) is 2.66. The lowest BCUT2D eigenvalue weighted by atomic mass is 10.2. The number of urea groups is 1. The Labute approximate surface area is 134 Å². The Bertz CT molecular complexity index is 545. The molecule has 3 amide bonds. The number of piperazine rings is 1. The molecule has 2 heterocycles. The standard InChI is InChI=1S/C14H22N4O3S/c1-10-9-15-11(22-10)16-12(19)17-5-7-18(8-6-17)13(20)21-14(2,3)4/h9H,5-8H2,1-4H3,(H,15,16,19). The molecule has 0 spiro atoms. The van der Waals surface area contributed by atoms with Gasteiger partial charge in [0.25, 0.3) is 0 Å². The number of hydrogen-bond donors (Lipinski definition) is 1. The summed E-state index contributed by atoms with van der Waals surface area (Å²) in [4.78, 5) is 32.6. The van der Waals surface area contributed by atoms with Gasteiger partial charge in [0.15, 0.2) is 5.13 Å². The van der Waals surface area contributed by atoms with Crippen LogP contribution in [0.25, 0.3) is 0 Å². The normalized spacial score (nSPS) is 15.6. The highest BCUT2D eigenvalue weighted by Crippen LogP contribution is 2.17. The van der Waals surface area contributed by atoms with Crippen LogP contribution in [0.3, 0.4) is 0 Å². The second kappa shape index (κ2) is 6.51. The van der Waals surface area contributed by atoms with Crippen molar-refractivity contribution in [2.75, 3.05) is 31.5 Å². The average molecular weight is 326 g/mol. The second-order valence-electron chi connectivity index (χ2n) is 6.16. The van der Waals surface area contributed by atoms with Gasteiger partial charge in [-0.05, 0) is 27.7 Å². The number of amides is 3. The average Bonchev–Trinajstić information content (AvgIpc) is 2.82. The maximum Gasteiger partial charge on any atom is 0.410 e. The minimum Gasteiger partial charge on any atom is -0.444 e. The van der Waals surface area contributed by atoms with Crippen molar-refractivity contribution in [3.05, 3.63) is 11.1 Å². The molecule has 0 radical (unpaired) electrons. The number of ether oxygens (including phenoxy) is 1.